The van der Waals surface area contributed by atoms with E-state index in [0.717, 1.165) is 11.4 Å². The minimum atomic E-state index is 0.0264. The quantitative estimate of drug-likeness (QED) is 0.768. The number of benzene rings is 2. The number of Topliss-reactive ketones (excluding diaryl/α,β-unsaturated/α-hetero) is 1. The largest absolute Gasteiger partial charge is 0.340 e. The number of carbonyl (C=O) groups excluding carboxylic acids is 1. The Labute approximate surface area is 119 Å². The Kier molecular flexibility index (Phi) is 4.52. The van der Waals surface area contributed by atoms with Crippen LogP contribution in [0.3, 0.4) is 0 Å². The molecule has 2 aromatic rings. The lowest BCUT2D eigenvalue weighted by molar-refractivity contribution is 0.101. The SMILES string of the molecule is CC(=O)c1ccccc1N(CCC#N)c1ccccc1. The minimum absolute atomic E-state index is 0.0264. The molecule has 100 valence electrons. The highest BCUT2D eigenvalue weighted by molar-refractivity contribution is 6.00. The number of nitriles is 1. The second-order valence-corrected chi connectivity index (χ2v) is 4.47. The van der Waals surface area contributed by atoms with Crippen LogP contribution in [0, 0.1) is 11.3 Å². The predicted molar refractivity (Wildman–Crippen MR) is 80.1 cm³/mol. The fourth-order valence-electron chi connectivity index (χ4n) is 2.17. The van der Waals surface area contributed by atoms with E-state index in [4.69, 9.17) is 5.26 Å². The number of hydrogen-bond acceptors (Lipinski definition) is 3. The van der Waals surface area contributed by atoms with Gasteiger partial charge in [0.15, 0.2) is 5.78 Å². The summed E-state index contributed by atoms with van der Waals surface area (Å²) in [6.45, 7) is 2.12. The molecular weight excluding hydrogens is 248 g/mol. The molecule has 0 amide bonds. The van der Waals surface area contributed by atoms with Crippen LogP contribution in [0.1, 0.15) is 23.7 Å². The van der Waals surface area contributed by atoms with E-state index < -0.39 is 0 Å². The highest BCUT2D eigenvalue weighted by atomic mass is 16.1. The van der Waals surface area contributed by atoms with Crippen molar-refractivity contribution in [3.63, 3.8) is 0 Å². The van der Waals surface area contributed by atoms with Crippen molar-refractivity contribution in [2.75, 3.05) is 11.4 Å². The fourth-order valence-corrected chi connectivity index (χ4v) is 2.17. The topological polar surface area (TPSA) is 44.1 Å². The van der Waals surface area contributed by atoms with Crippen molar-refractivity contribution in [1.29, 1.82) is 5.26 Å². The molecule has 0 aliphatic heterocycles. The number of para-hydroxylation sites is 2. The van der Waals surface area contributed by atoms with Gasteiger partial charge in [-0.2, -0.15) is 5.26 Å². The lowest BCUT2D eigenvalue weighted by atomic mass is 10.1. The van der Waals surface area contributed by atoms with E-state index in [0.29, 0.717) is 18.5 Å². The first-order chi connectivity index (χ1) is 9.74. The molecule has 0 saturated carbocycles. The van der Waals surface area contributed by atoms with Crippen molar-refractivity contribution in [3.8, 4) is 6.07 Å². The van der Waals surface area contributed by atoms with Crippen molar-refractivity contribution in [2.24, 2.45) is 0 Å². The number of hydrogen-bond donors (Lipinski definition) is 0. The molecule has 3 nitrogen and oxygen atoms in total. The van der Waals surface area contributed by atoms with Crippen LogP contribution in [0.15, 0.2) is 54.6 Å². The summed E-state index contributed by atoms with van der Waals surface area (Å²) in [7, 11) is 0. The first-order valence-corrected chi connectivity index (χ1v) is 6.53. The summed E-state index contributed by atoms with van der Waals surface area (Å²) in [6.07, 6.45) is 0.404. The van der Waals surface area contributed by atoms with Gasteiger partial charge in [-0.1, -0.05) is 30.3 Å². The molecule has 0 unspecified atom stereocenters. The molecule has 0 radical (unpaired) electrons. The van der Waals surface area contributed by atoms with Gasteiger partial charge in [-0.05, 0) is 31.2 Å². The third-order valence-corrected chi connectivity index (χ3v) is 3.09. The third-order valence-electron chi connectivity index (χ3n) is 3.09. The van der Waals surface area contributed by atoms with E-state index >= 15 is 0 Å². The third kappa shape index (κ3) is 3.04. The molecule has 0 bridgehead atoms. The number of nitrogens with zero attached hydrogens (tertiary/aromatic N) is 2. The average Bonchev–Trinajstić information content (AvgIpc) is 2.49. The summed E-state index contributed by atoms with van der Waals surface area (Å²) in [5.41, 5.74) is 2.51. The zero-order valence-corrected chi connectivity index (χ0v) is 11.4. The highest BCUT2D eigenvalue weighted by Crippen LogP contribution is 2.28. The number of carbonyl (C=O) groups is 1. The first-order valence-electron chi connectivity index (χ1n) is 6.53. The Morgan fingerprint density at radius 3 is 2.40 bits per heavy atom. The molecule has 2 rings (SSSR count). The van der Waals surface area contributed by atoms with Crippen LogP contribution in [-0.4, -0.2) is 12.3 Å². The van der Waals surface area contributed by atoms with E-state index in [1.807, 2.05) is 59.5 Å². The molecule has 3 heteroatoms. The van der Waals surface area contributed by atoms with Gasteiger partial charge >= 0.3 is 0 Å². The molecule has 0 saturated heterocycles. The van der Waals surface area contributed by atoms with Gasteiger partial charge in [0, 0.05) is 17.8 Å². The molecule has 0 aliphatic carbocycles. The van der Waals surface area contributed by atoms with Gasteiger partial charge in [-0.15, -0.1) is 0 Å². The average molecular weight is 264 g/mol. The summed E-state index contributed by atoms with van der Waals surface area (Å²) < 4.78 is 0. The van der Waals surface area contributed by atoms with Crippen LogP contribution in [0.2, 0.25) is 0 Å². The van der Waals surface area contributed by atoms with Crippen molar-refractivity contribution in [1.82, 2.24) is 0 Å². The number of anilines is 2. The summed E-state index contributed by atoms with van der Waals surface area (Å²) in [5.74, 6) is 0.0264. The summed E-state index contributed by atoms with van der Waals surface area (Å²) >= 11 is 0. The fraction of sp³-hybridized carbons (Fsp3) is 0.176. The maximum absolute atomic E-state index is 11.8. The van der Waals surface area contributed by atoms with Gasteiger partial charge < -0.3 is 4.90 Å². The lowest BCUT2D eigenvalue weighted by Gasteiger charge is -2.25. The van der Waals surface area contributed by atoms with Gasteiger partial charge in [0.1, 0.15) is 0 Å². The van der Waals surface area contributed by atoms with Crippen LogP contribution >= 0.6 is 0 Å². The van der Waals surface area contributed by atoms with Crippen molar-refractivity contribution >= 4 is 17.2 Å². The number of rotatable bonds is 5. The summed E-state index contributed by atoms with van der Waals surface area (Å²) in [5, 5.41) is 8.84. The number of ketones is 1. The van der Waals surface area contributed by atoms with E-state index in [-0.39, 0.29) is 5.78 Å². The molecule has 2 aromatic carbocycles. The second-order valence-electron chi connectivity index (χ2n) is 4.47. The zero-order chi connectivity index (χ0) is 14.4. The van der Waals surface area contributed by atoms with E-state index in [9.17, 15) is 4.79 Å². The Bertz CT molecular complexity index is 629. The normalized spacial score (nSPS) is 9.80. The molecule has 0 N–H and O–H groups in total. The molecule has 0 fully saturated rings. The summed E-state index contributed by atoms with van der Waals surface area (Å²) in [4.78, 5) is 13.8. The Morgan fingerprint density at radius 2 is 1.75 bits per heavy atom. The maximum atomic E-state index is 11.8. The lowest BCUT2D eigenvalue weighted by Crippen LogP contribution is -2.20. The molecule has 0 atom stereocenters. The second kappa shape index (κ2) is 6.53. The molecule has 0 heterocycles. The van der Waals surface area contributed by atoms with E-state index in [2.05, 4.69) is 6.07 Å². The van der Waals surface area contributed by atoms with Crippen LogP contribution in [0.4, 0.5) is 11.4 Å². The molecule has 20 heavy (non-hydrogen) atoms. The van der Waals surface area contributed by atoms with Crippen molar-refractivity contribution in [3.05, 3.63) is 60.2 Å². The molecule has 0 spiro atoms. The van der Waals surface area contributed by atoms with E-state index in [1.165, 1.54) is 0 Å². The van der Waals surface area contributed by atoms with Crippen molar-refractivity contribution in [2.45, 2.75) is 13.3 Å². The molecule has 0 aliphatic rings. The van der Waals surface area contributed by atoms with Gasteiger partial charge in [-0.3, -0.25) is 4.79 Å². The summed E-state index contributed by atoms with van der Waals surface area (Å²) in [6, 6.07) is 19.5. The van der Waals surface area contributed by atoms with Gasteiger partial charge in [0.25, 0.3) is 0 Å². The molecule has 0 aromatic heterocycles. The zero-order valence-electron chi connectivity index (χ0n) is 11.4. The maximum Gasteiger partial charge on any atom is 0.161 e. The smallest absolute Gasteiger partial charge is 0.161 e. The highest BCUT2D eigenvalue weighted by Gasteiger charge is 2.14. The van der Waals surface area contributed by atoms with Crippen LogP contribution < -0.4 is 4.90 Å². The Morgan fingerprint density at radius 1 is 1.10 bits per heavy atom. The van der Waals surface area contributed by atoms with Crippen LogP contribution in [0.5, 0.6) is 0 Å². The minimum Gasteiger partial charge on any atom is -0.340 e. The van der Waals surface area contributed by atoms with Crippen molar-refractivity contribution < 1.29 is 4.79 Å². The Balaban J connectivity index is 2.47. The Hall–Kier alpha value is -2.60. The van der Waals surface area contributed by atoms with Gasteiger partial charge in [-0.25, -0.2) is 0 Å². The molecular formula is C17H16N2O. The standard InChI is InChI=1S/C17H16N2O/c1-14(20)16-10-5-6-11-17(16)19(13-7-12-18)15-8-3-2-4-9-15/h2-6,8-11H,7,13H2,1H3. The van der Waals surface area contributed by atoms with Gasteiger partial charge in [0.2, 0.25) is 0 Å². The van der Waals surface area contributed by atoms with Crippen LogP contribution in [-0.2, 0) is 0 Å². The van der Waals surface area contributed by atoms with Gasteiger partial charge in [0.05, 0.1) is 18.2 Å². The predicted octanol–water partition coefficient (Wildman–Crippen LogP) is 3.94. The monoisotopic (exact) mass is 264 g/mol. The van der Waals surface area contributed by atoms with Crippen LogP contribution in [0.25, 0.3) is 0 Å². The first kappa shape index (κ1) is 13.8. The van der Waals surface area contributed by atoms with E-state index in [1.54, 1.807) is 6.92 Å².